The Labute approximate surface area is 159 Å². The van der Waals surface area contributed by atoms with Gasteiger partial charge in [-0.25, -0.2) is 0 Å². The summed E-state index contributed by atoms with van der Waals surface area (Å²) in [5, 5.41) is 2.94. The van der Waals surface area contributed by atoms with E-state index < -0.39 is 0 Å². The molecular formula is C21H26N2O2S. The van der Waals surface area contributed by atoms with Gasteiger partial charge < -0.3 is 10.2 Å². The van der Waals surface area contributed by atoms with Crippen LogP contribution in [0.5, 0.6) is 0 Å². The molecule has 0 saturated heterocycles. The first kappa shape index (κ1) is 18.6. The largest absolute Gasteiger partial charge is 0.332 e. The standard InChI is InChI=1S/C21H26N2O2S/c1-14-8-7-9-15(2)20(14)22-19(24)13-23(3)21(25)18-12-16-10-5-4-6-11-17(16)26-18/h7-9,12H,4-6,10-11,13H2,1-3H3,(H,22,24). The van der Waals surface area contributed by atoms with Crippen LogP contribution >= 0.6 is 11.3 Å². The number of fused-ring (bicyclic) bond motifs is 1. The zero-order chi connectivity index (χ0) is 18.7. The molecule has 3 rings (SSSR count). The van der Waals surface area contributed by atoms with Gasteiger partial charge >= 0.3 is 0 Å². The van der Waals surface area contributed by atoms with Crippen LogP contribution in [-0.4, -0.2) is 30.3 Å². The maximum Gasteiger partial charge on any atom is 0.264 e. The van der Waals surface area contributed by atoms with Crippen LogP contribution in [0.25, 0.3) is 0 Å². The lowest BCUT2D eigenvalue weighted by Crippen LogP contribution is -2.34. The maximum atomic E-state index is 12.7. The lowest BCUT2D eigenvalue weighted by molar-refractivity contribution is -0.116. The zero-order valence-corrected chi connectivity index (χ0v) is 16.5. The molecule has 138 valence electrons. The Bertz CT molecular complexity index is 782. The van der Waals surface area contributed by atoms with Gasteiger partial charge in [-0.1, -0.05) is 24.6 Å². The number of nitrogens with zero attached hydrogens (tertiary/aromatic N) is 1. The van der Waals surface area contributed by atoms with Crippen LogP contribution in [-0.2, 0) is 17.6 Å². The first-order valence-electron chi connectivity index (χ1n) is 9.19. The number of likely N-dealkylation sites (N-methyl/N-ethyl adjacent to an activating group) is 1. The van der Waals surface area contributed by atoms with E-state index in [1.807, 2.05) is 38.1 Å². The maximum absolute atomic E-state index is 12.7. The summed E-state index contributed by atoms with van der Waals surface area (Å²) in [6.45, 7) is 3.99. The Morgan fingerprint density at radius 2 is 1.81 bits per heavy atom. The third-order valence-electron chi connectivity index (χ3n) is 4.93. The fourth-order valence-electron chi connectivity index (χ4n) is 3.44. The third kappa shape index (κ3) is 4.15. The lowest BCUT2D eigenvalue weighted by Gasteiger charge is -2.17. The highest BCUT2D eigenvalue weighted by Gasteiger charge is 2.21. The van der Waals surface area contributed by atoms with E-state index in [-0.39, 0.29) is 18.4 Å². The number of benzene rings is 1. The van der Waals surface area contributed by atoms with Crippen molar-refractivity contribution in [3.8, 4) is 0 Å². The average Bonchev–Trinajstić information content (AvgIpc) is 2.88. The number of hydrogen-bond donors (Lipinski definition) is 1. The molecule has 0 aliphatic heterocycles. The number of thiophene rings is 1. The predicted octanol–water partition coefficient (Wildman–Crippen LogP) is 4.34. The average molecular weight is 371 g/mol. The van der Waals surface area contributed by atoms with Crippen LogP contribution in [0.4, 0.5) is 5.69 Å². The molecule has 0 fully saturated rings. The molecule has 1 heterocycles. The van der Waals surface area contributed by atoms with Crippen molar-refractivity contribution in [2.45, 2.75) is 46.0 Å². The molecule has 26 heavy (non-hydrogen) atoms. The second-order valence-electron chi connectivity index (χ2n) is 7.10. The van der Waals surface area contributed by atoms with Gasteiger partial charge in [-0.3, -0.25) is 9.59 Å². The Kier molecular flexibility index (Phi) is 5.77. The van der Waals surface area contributed by atoms with Crippen molar-refractivity contribution in [1.82, 2.24) is 4.90 Å². The molecule has 1 aromatic heterocycles. The molecule has 4 nitrogen and oxygen atoms in total. The van der Waals surface area contributed by atoms with Crippen molar-refractivity contribution in [2.75, 3.05) is 18.9 Å². The van der Waals surface area contributed by atoms with E-state index >= 15 is 0 Å². The van der Waals surface area contributed by atoms with Crippen LogP contribution in [0.15, 0.2) is 24.3 Å². The Morgan fingerprint density at radius 1 is 1.12 bits per heavy atom. The Morgan fingerprint density at radius 3 is 2.54 bits per heavy atom. The molecule has 1 aliphatic rings. The van der Waals surface area contributed by atoms with E-state index in [4.69, 9.17) is 0 Å². The number of carbonyl (C=O) groups is 2. The van der Waals surface area contributed by atoms with Gasteiger partial charge in [0.2, 0.25) is 5.91 Å². The van der Waals surface area contributed by atoms with Gasteiger partial charge in [-0.15, -0.1) is 11.3 Å². The number of amides is 2. The third-order valence-corrected chi connectivity index (χ3v) is 6.16. The Balaban J connectivity index is 1.65. The minimum atomic E-state index is -0.170. The molecule has 1 aromatic carbocycles. The number of para-hydroxylation sites is 1. The van der Waals surface area contributed by atoms with Crippen LogP contribution in [0.1, 0.15) is 50.5 Å². The molecule has 0 atom stereocenters. The minimum absolute atomic E-state index is 0.0508. The molecule has 2 aromatic rings. The molecule has 0 saturated carbocycles. The minimum Gasteiger partial charge on any atom is -0.332 e. The summed E-state index contributed by atoms with van der Waals surface area (Å²) in [7, 11) is 1.69. The fourth-order valence-corrected chi connectivity index (χ4v) is 4.69. The topological polar surface area (TPSA) is 49.4 Å². The number of rotatable bonds is 4. The monoisotopic (exact) mass is 370 g/mol. The highest BCUT2D eigenvalue weighted by molar-refractivity contribution is 7.14. The van der Waals surface area contributed by atoms with E-state index in [1.165, 1.54) is 34.6 Å². The van der Waals surface area contributed by atoms with Crippen molar-refractivity contribution in [2.24, 2.45) is 0 Å². The second kappa shape index (κ2) is 8.04. The van der Waals surface area contributed by atoms with Gasteiger partial charge in [0.15, 0.2) is 0 Å². The smallest absolute Gasteiger partial charge is 0.264 e. The second-order valence-corrected chi connectivity index (χ2v) is 8.23. The summed E-state index contributed by atoms with van der Waals surface area (Å²) in [5.41, 5.74) is 4.20. The number of hydrogen-bond acceptors (Lipinski definition) is 3. The summed E-state index contributed by atoms with van der Waals surface area (Å²) in [4.78, 5) is 28.7. The molecule has 0 bridgehead atoms. The van der Waals surface area contributed by atoms with E-state index in [0.717, 1.165) is 34.5 Å². The number of aryl methyl sites for hydroxylation is 4. The molecule has 1 aliphatic carbocycles. The van der Waals surface area contributed by atoms with Crippen molar-refractivity contribution < 1.29 is 9.59 Å². The van der Waals surface area contributed by atoms with E-state index in [2.05, 4.69) is 5.32 Å². The Hall–Kier alpha value is -2.14. The van der Waals surface area contributed by atoms with E-state index in [0.29, 0.717) is 0 Å². The molecular weight excluding hydrogens is 344 g/mol. The van der Waals surface area contributed by atoms with Crippen LogP contribution < -0.4 is 5.32 Å². The van der Waals surface area contributed by atoms with E-state index in [9.17, 15) is 9.59 Å². The zero-order valence-electron chi connectivity index (χ0n) is 15.7. The van der Waals surface area contributed by atoms with Gasteiger partial charge in [-0.2, -0.15) is 0 Å². The van der Waals surface area contributed by atoms with Gasteiger partial charge in [0.1, 0.15) is 0 Å². The van der Waals surface area contributed by atoms with Crippen molar-refractivity contribution in [3.63, 3.8) is 0 Å². The van der Waals surface area contributed by atoms with Crippen molar-refractivity contribution in [3.05, 3.63) is 50.7 Å². The van der Waals surface area contributed by atoms with Gasteiger partial charge in [-0.05, 0) is 62.3 Å². The molecule has 1 N–H and O–H groups in total. The normalized spacial score (nSPS) is 13.7. The van der Waals surface area contributed by atoms with Crippen LogP contribution in [0, 0.1) is 13.8 Å². The molecule has 5 heteroatoms. The fraction of sp³-hybridized carbons (Fsp3) is 0.429. The summed E-state index contributed by atoms with van der Waals surface area (Å²) in [6.07, 6.45) is 5.81. The van der Waals surface area contributed by atoms with Gasteiger partial charge in [0.25, 0.3) is 5.91 Å². The molecule has 0 unspecified atom stereocenters. The predicted molar refractivity (Wildman–Crippen MR) is 107 cm³/mol. The highest BCUT2D eigenvalue weighted by atomic mass is 32.1. The quantitative estimate of drug-likeness (QED) is 0.814. The van der Waals surface area contributed by atoms with Crippen LogP contribution in [0.3, 0.4) is 0 Å². The summed E-state index contributed by atoms with van der Waals surface area (Å²) < 4.78 is 0. The summed E-state index contributed by atoms with van der Waals surface area (Å²) in [5.74, 6) is -0.240. The number of nitrogens with one attached hydrogen (secondary N) is 1. The summed E-state index contributed by atoms with van der Waals surface area (Å²) in [6, 6.07) is 7.94. The van der Waals surface area contributed by atoms with Crippen molar-refractivity contribution >= 4 is 28.8 Å². The van der Waals surface area contributed by atoms with Crippen LogP contribution in [0.2, 0.25) is 0 Å². The molecule has 2 amide bonds. The SMILES string of the molecule is Cc1cccc(C)c1NC(=O)CN(C)C(=O)c1cc2c(s1)CCCCC2. The molecule has 0 radical (unpaired) electrons. The van der Waals surface area contributed by atoms with Gasteiger partial charge in [0, 0.05) is 17.6 Å². The first-order valence-corrected chi connectivity index (χ1v) is 10.0. The first-order chi connectivity index (χ1) is 12.5. The van der Waals surface area contributed by atoms with E-state index in [1.54, 1.807) is 18.4 Å². The number of carbonyl (C=O) groups excluding carboxylic acids is 2. The van der Waals surface area contributed by atoms with Crippen molar-refractivity contribution in [1.29, 1.82) is 0 Å². The summed E-state index contributed by atoms with van der Waals surface area (Å²) >= 11 is 1.60. The molecule has 0 spiro atoms. The highest BCUT2D eigenvalue weighted by Crippen LogP contribution is 2.29. The number of anilines is 1. The van der Waals surface area contributed by atoms with Gasteiger partial charge in [0.05, 0.1) is 11.4 Å². The lowest BCUT2D eigenvalue weighted by atomic mass is 10.1.